The number of anilines is 2. The van der Waals surface area contributed by atoms with Gasteiger partial charge in [0.05, 0.1) is 4.75 Å². The topological polar surface area (TPSA) is 75.3 Å². The van der Waals surface area contributed by atoms with Crippen LogP contribution in [0.5, 0.6) is 0 Å². The minimum Gasteiger partial charge on any atom is -0.383 e. The van der Waals surface area contributed by atoms with Gasteiger partial charge >= 0.3 is 0 Å². The second-order valence-electron chi connectivity index (χ2n) is 4.14. The summed E-state index contributed by atoms with van der Waals surface area (Å²) < 4.78 is 13.7. The lowest BCUT2D eigenvalue weighted by Crippen LogP contribution is -2.39. The fourth-order valence-electron chi connectivity index (χ4n) is 0.973. The molecule has 0 heterocycles. The van der Waals surface area contributed by atoms with E-state index in [2.05, 4.69) is 10.0 Å². The van der Waals surface area contributed by atoms with Crippen molar-refractivity contribution >= 4 is 22.4 Å². The summed E-state index contributed by atoms with van der Waals surface area (Å²) in [4.78, 5) is 22.2. The molecule has 0 aliphatic rings. The highest BCUT2D eigenvalue weighted by molar-refractivity contribution is 7.87. The Kier molecular flexibility index (Phi) is 2.99. The zero-order valence-electron chi connectivity index (χ0n) is 9.13. The molecule has 84 valence electrons. The third-order valence-electron chi connectivity index (χ3n) is 1.91. The maximum atomic E-state index is 11.7. The average Bonchev–Trinajstić information content (AvgIpc) is 2.15. The zero-order chi connectivity index (χ0) is 11.8. The normalized spacial score (nSPS) is 13.9. The summed E-state index contributed by atoms with van der Waals surface area (Å²) in [7, 11) is 0.148. The highest BCUT2D eigenvalue weighted by atomic mass is 32.2. The van der Waals surface area contributed by atoms with Crippen LogP contribution in [-0.4, -0.2) is 16.0 Å². The van der Waals surface area contributed by atoms with Crippen molar-refractivity contribution in [2.75, 3.05) is 17.1 Å². The fourth-order valence-corrected chi connectivity index (χ4v) is 1.66. The van der Waals surface area contributed by atoms with Crippen molar-refractivity contribution in [1.29, 1.82) is 0 Å². The van der Waals surface area contributed by atoms with Gasteiger partial charge in [-0.3, -0.25) is 14.3 Å². The molecular formula is C9H14N2O3S. The number of rotatable bonds is 3. The molecule has 1 aromatic carbocycles. The summed E-state index contributed by atoms with van der Waals surface area (Å²) in [6, 6.07) is 0. The molecule has 5 nitrogen and oxygen atoms in total. The molecule has 1 rings (SSSR count). The summed E-state index contributed by atoms with van der Waals surface area (Å²) in [6.45, 7) is 5.34. The van der Waals surface area contributed by atoms with Crippen molar-refractivity contribution < 1.29 is 4.21 Å². The van der Waals surface area contributed by atoms with Gasteiger partial charge in [0.2, 0.25) is 0 Å². The van der Waals surface area contributed by atoms with E-state index in [1.807, 2.05) is 0 Å². The molecule has 1 unspecified atom stereocenters. The molecule has 0 radical (unpaired) electrons. The van der Waals surface area contributed by atoms with Crippen molar-refractivity contribution in [3.05, 3.63) is 20.4 Å². The van der Waals surface area contributed by atoms with Crippen LogP contribution < -0.4 is 20.9 Å². The van der Waals surface area contributed by atoms with Gasteiger partial charge in [0.25, 0.3) is 10.9 Å². The van der Waals surface area contributed by atoms with Crippen LogP contribution in [0.4, 0.5) is 11.4 Å². The standard InChI is InChI=1S/C9H14N2O3S/c1-9(2,3)15(14)11-6-5(10-4)7(12)8(6)13/h10-11H,1-4H3. The van der Waals surface area contributed by atoms with Gasteiger partial charge in [-0.2, -0.15) is 0 Å². The van der Waals surface area contributed by atoms with Crippen molar-refractivity contribution in [3.8, 4) is 0 Å². The SMILES string of the molecule is CNc1c(NS(=O)C(C)(C)C)c(=O)c1=O. The maximum absolute atomic E-state index is 11.7. The van der Waals surface area contributed by atoms with Crippen LogP contribution in [0.15, 0.2) is 9.59 Å². The molecule has 0 amide bonds. The van der Waals surface area contributed by atoms with E-state index < -0.39 is 26.6 Å². The van der Waals surface area contributed by atoms with Crippen LogP contribution in [0, 0.1) is 0 Å². The van der Waals surface area contributed by atoms with E-state index in [0.717, 1.165) is 0 Å². The Morgan fingerprint density at radius 3 is 1.93 bits per heavy atom. The van der Waals surface area contributed by atoms with Gasteiger partial charge in [-0.15, -0.1) is 0 Å². The molecule has 1 aromatic rings. The van der Waals surface area contributed by atoms with E-state index in [1.54, 1.807) is 27.8 Å². The van der Waals surface area contributed by atoms with Gasteiger partial charge < -0.3 is 5.32 Å². The van der Waals surface area contributed by atoms with Crippen molar-refractivity contribution in [1.82, 2.24) is 0 Å². The summed E-state index contributed by atoms with van der Waals surface area (Å²) in [6.07, 6.45) is 0. The lowest BCUT2D eigenvalue weighted by molar-refractivity contribution is 0.653. The van der Waals surface area contributed by atoms with Crippen molar-refractivity contribution in [2.24, 2.45) is 0 Å². The number of hydrogen-bond donors (Lipinski definition) is 2. The Bertz CT molecular complexity index is 466. The number of hydrogen-bond acceptors (Lipinski definition) is 4. The molecule has 15 heavy (non-hydrogen) atoms. The Balaban J connectivity index is 2.93. The Morgan fingerprint density at radius 2 is 1.53 bits per heavy atom. The first kappa shape index (κ1) is 11.9. The smallest absolute Gasteiger partial charge is 0.254 e. The zero-order valence-corrected chi connectivity index (χ0v) is 9.95. The van der Waals surface area contributed by atoms with Gasteiger partial charge in [-0.05, 0) is 20.8 Å². The predicted octanol–water partition coefficient (Wildman–Crippen LogP) is 0.198. The lowest BCUT2D eigenvalue weighted by atomic mass is 10.2. The number of nitrogens with one attached hydrogen (secondary N) is 2. The molecule has 2 N–H and O–H groups in total. The first-order chi connectivity index (χ1) is 6.79. The molecule has 0 saturated heterocycles. The Labute approximate surface area is 90.2 Å². The van der Waals surface area contributed by atoms with Crippen LogP contribution in [0.3, 0.4) is 0 Å². The summed E-state index contributed by atoms with van der Waals surface area (Å²) in [5.41, 5.74) is -0.851. The van der Waals surface area contributed by atoms with E-state index in [0.29, 0.717) is 0 Å². The molecule has 6 heteroatoms. The lowest BCUT2D eigenvalue weighted by Gasteiger charge is -2.20. The van der Waals surface area contributed by atoms with E-state index >= 15 is 0 Å². The second kappa shape index (κ2) is 3.77. The minimum atomic E-state index is -1.39. The minimum absolute atomic E-state index is 0.121. The summed E-state index contributed by atoms with van der Waals surface area (Å²) >= 11 is 0. The van der Waals surface area contributed by atoms with Gasteiger partial charge in [0.1, 0.15) is 22.4 Å². The molecular weight excluding hydrogens is 216 g/mol. The molecule has 1 atom stereocenters. The van der Waals surface area contributed by atoms with Crippen LogP contribution in [0.25, 0.3) is 0 Å². The van der Waals surface area contributed by atoms with E-state index in [9.17, 15) is 13.8 Å². The second-order valence-corrected chi connectivity index (χ2v) is 6.11. The fraction of sp³-hybridized carbons (Fsp3) is 0.556. The molecule has 0 spiro atoms. The maximum Gasteiger partial charge on any atom is 0.254 e. The van der Waals surface area contributed by atoms with E-state index in [-0.39, 0.29) is 11.4 Å². The largest absolute Gasteiger partial charge is 0.383 e. The molecule has 0 aliphatic carbocycles. The first-order valence-corrected chi connectivity index (χ1v) is 5.63. The third kappa shape index (κ3) is 2.09. The Hall–Kier alpha value is -1.17. The van der Waals surface area contributed by atoms with E-state index in [4.69, 9.17) is 0 Å². The molecule has 0 aliphatic heterocycles. The quantitative estimate of drug-likeness (QED) is 0.727. The van der Waals surface area contributed by atoms with E-state index in [1.165, 1.54) is 0 Å². The average molecular weight is 230 g/mol. The van der Waals surface area contributed by atoms with Crippen molar-refractivity contribution in [2.45, 2.75) is 25.5 Å². The monoisotopic (exact) mass is 230 g/mol. The highest BCUT2D eigenvalue weighted by Crippen LogP contribution is 2.18. The first-order valence-electron chi connectivity index (χ1n) is 4.48. The molecule has 0 fully saturated rings. The molecule has 0 saturated carbocycles. The highest BCUT2D eigenvalue weighted by Gasteiger charge is 2.26. The summed E-state index contributed by atoms with van der Waals surface area (Å²) in [5.74, 6) is 0. The van der Waals surface area contributed by atoms with Crippen LogP contribution in [0.1, 0.15) is 20.8 Å². The van der Waals surface area contributed by atoms with Crippen LogP contribution >= 0.6 is 0 Å². The Morgan fingerprint density at radius 1 is 1.07 bits per heavy atom. The third-order valence-corrected chi connectivity index (χ3v) is 3.41. The van der Waals surface area contributed by atoms with Gasteiger partial charge in [-0.25, -0.2) is 4.21 Å². The predicted molar refractivity (Wildman–Crippen MR) is 62.4 cm³/mol. The molecule has 0 bridgehead atoms. The van der Waals surface area contributed by atoms with Crippen LogP contribution in [-0.2, 0) is 11.0 Å². The van der Waals surface area contributed by atoms with Crippen molar-refractivity contribution in [3.63, 3.8) is 0 Å². The van der Waals surface area contributed by atoms with Crippen LogP contribution in [0.2, 0.25) is 0 Å². The summed E-state index contributed by atoms with van der Waals surface area (Å²) in [5, 5.41) is 2.60. The van der Waals surface area contributed by atoms with Gasteiger partial charge in [-0.1, -0.05) is 0 Å². The molecule has 0 aromatic heterocycles. The van der Waals surface area contributed by atoms with Gasteiger partial charge in [0.15, 0.2) is 0 Å². The van der Waals surface area contributed by atoms with Gasteiger partial charge in [0, 0.05) is 7.05 Å².